The fraction of sp³-hybridized carbons (Fsp3) is 0.333. The fourth-order valence-corrected chi connectivity index (χ4v) is 3.47. The molecular formula is C18H19ClN6O2. The molecule has 0 spiro atoms. The van der Waals surface area contributed by atoms with Gasteiger partial charge in [-0.25, -0.2) is 19.7 Å². The summed E-state index contributed by atoms with van der Waals surface area (Å²) in [5, 5.41) is 12.9. The van der Waals surface area contributed by atoms with Crippen LogP contribution in [0.1, 0.15) is 18.4 Å². The summed E-state index contributed by atoms with van der Waals surface area (Å²) in [5.41, 5.74) is 2.28. The van der Waals surface area contributed by atoms with E-state index in [2.05, 4.69) is 20.3 Å². The minimum Gasteiger partial charge on any atom is -0.465 e. The molecule has 0 bridgehead atoms. The molecule has 8 nitrogen and oxygen atoms in total. The molecule has 3 aromatic heterocycles. The van der Waals surface area contributed by atoms with E-state index in [0.717, 1.165) is 29.7 Å². The van der Waals surface area contributed by atoms with Crippen molar-refractivity contribution in [1.82, 2.24) is 24.3 Å². The van der Waals surface area contributed by atoms with Crippen molar-refractivity contribution >= 4 is 29.2 Å². The molecule has 0 aliphatic carbocycles. The third-order valence-corrected chi connectivity index (χ3v) is 5.13. The zero-order valence-electron chi connectivity index (χ0n) is 14.8. The first-order valence-corrected chi connectivity index (χ1v) is 9.11. The van der Waals surface area contributed by atoms with E-state index in [1.54, 1.807) is 6.20 Å². The molecule has 1 aliphatic rings. The van der Waals surface area contributed by atoms with Crippen molar-refractivity contribution in [2.24, 2.45) is 0 Å². The summed E-state index contributed by atoms with van der Waals surface area (Å²) < 4.78 is 1.90. The first-order chi connectivity index (χ1) is 13.0. The van der Waals surface area contributed by atoms with Gasteiger partial charge in [-0.1, -0.05) is 17.7 Å². The Labute approximate surface area is 160 Å². The van der Waals surface area contributed by atoms with E-state index in [-0.39, 0.29) is 6.04 Å². The lowest BCUT2D eigenvalue weighted by Crippen LogP contribution is -2.44. The number of anilines is 1. The van der Waals surface area contributed by atoms with Gasteiger partial charge in [0.25, 0.3) is 0 Å². The molecule has 1 amide bonds. The average Bonchev–Trinajstić information content (AvgIpc) is 3.09. The topological polar surface area (TPSA) is 95.7 Å². The number of carbonyl (C=O) groups is 1. The zero-order valence-corrected chi connectivity index (χ0v) is 15.5. The summed E-state index contributed by atoms with van der Waals surface area (Å²) in [6.07, 6.45) is 4.39. The molecule has 1 aliphatic heterocycles. The molecule has 1 saturated heterocycles. The Kier molecular flexibility index (Phi) is 4.57. The van der Waals surface area contributed by atoms with Gasteiger partial charge in [0, 0.05) is 30.9 Å². The first-order valence-electron chi connectivity index (χ1n) is 8.74. The number of halogens is 1. The van der Waals surface area contributed by atoms with Crippen molar-refractivity contribution in [3.8, 4) is 11.5 Å². The number of pyridine rings is 1. The number of fused-ring (bicyclic) bond motifs is 1. The van der Waals surface area contributed by atoms with Gasteiger partial charge in [0.2, 0.25) is 0 Å². The van der Waals surface area contributed by atoms with Crippen molar-refractivity contribution in [3.63, 3.8) is 0 Å². The van der Waals surface area contributed by atoms with Crippen LogP contribution in [-0.4, -0.2) is 54.6 Å². The summed E-state index contributed by atoms with van der Waals surface area (Å²) in [7, 11) is 0. The molecule has 1 unspecified atom stereocenters. The minimum atomic E-state index is -0.898. The molecule has 2 N–H and O–H groups in total. The van der Waals surface area contributed by atoms with Gasteiger partial charge in [-0.2, -0.15) is 0 Å². The summed E-state index contributed by atoms with van der Waals surface area (Å²) in [6, 6.07) is 5.71. The van der Waals surface area contributed by atoms with E-state index in [1.807, 2.05) is 35.7 Å². The van der Waals surface area contributed by atoms with Crippen molar-refractivity contribution in [2.75, 3.05) is 18.4 Å². The van der Waals surface area contributed by atoms with Crippen LogP contribution >= 0.6 is 11.6 Å². The van der Waals surface area contributed by atoms with Gasteiger partial charge in [0.05, 0.1) is 6.20 Å². The largest absolute Gasteiger partial charge is 0.465 e. The molecule has 0 saturated carbocycles. The molecule has 4 heterocycles. The van der Waals surface area contributed by atoms with Gasteiger partial charge < -0.3 is 15.3 Å². The minimum absolute atomic E-state index is 0.0189. The monoisotopic (exact) mass is 386 g/mol. The maximum atomic E-state index is 11.2. The lowest BCUT2D eigenvalue weighted by atomic mass is 10.1. The van der Waals surface area contributed by atoms with Crippen molar-refractivity contribution in [3.05, 3.63) is 41.3 Å². The molecule has 140 valence electrons. The Morgan fingerprint density at radius 1 is 1.37 bits per heavy atom. The van der Waals surface area contributed by atoms with Crippen molar-refractivity contribution < 1.29 is 9.90 Å². The number of likely N-dealkylation sites (tertiary alicyclic amines) is 1. The highest BCUT2D eigenvalue weighted by Gasteiger charge is 2.24. The van der Waals surface area contributed by atoms with Gasteiger partial charge in [0.1, 0.15) is 22.3 Å². The van der Waals surface area contributed by atoms with Crippen LogP contribution in [0.15, 0.2) is 30.6 Å². The number of hydrogen-bond donors (Lipinski definition) is 2. The fourth-order valence-electron chi connectivity index (χ4n) is 3.30. The van der Waals surface area contributed by atoms with Gasteiger partial charge in [0.15, 0.2) is 5.82 Å². The number of rotatable bonds is 3. The summed E-state index contributed by atoms with van der Waals surface area (Å²) >= 11 is 6.36. The normalized spacial score (nSPS) is 17.3. The van der Waals surface area contributed by atoms with Crippen LogP contribution in [0.2, 0.25) is 5.15 Å². The van der Waals surface area contributed by atoms with E-state index in [1.165, 1.54) is 4.90 Å². The smallest absolute Gasteiger partial charge is 0.407 e. The van der Waals surface area contributed by atoms with Crippen LogP contribution in [-0.2, 0) is 0 Å². The molecule has 27 heavy (non-hydrogen) atoms. The number of nitrogens with zero attached hydrogens (tertiary/aromatic N) is 5. The van der Waals surface area contributed by atoms with Gasteiger partial charge in [-0.15, -0.1) is 0 Å². The zero-order chi connectivity index (χ0) is 19.0. The van der Waals surface area contributed by atoms with Crippen LogP contribution in [0.4, 0.5) is 10.6 Å². The second-order valence-corrected chi connectivity index (χ2v) is 6.95. The number of aromatic nitrogens is 4. The Hall–Kier alpha value is -2.87. The highest BCUT2D eigenvalue weighted by Crippen LogP contribution is 2.27. The van der Waals surface area contributed by atoms with Crippen LogP contribution in [0.5, 0.6) is 0 Å². The second-order valence-electron chi connectivity index (χ2n) is 6.60. The average molecular weight is 387 g/mol. The molecule has 0 radical (unpaired) electrons. The molecule has 1 atom stereocenters. The quantitative estimate of drug-likeness (QED) is 0.670. The lowest BCUT2D eigenvalue weighted by Gasteiger charge is -2.31. The van der Waals surface area contributed by atoms with E-state index in [0.29, 0.717) is 29.9 Å². The third kappa shape index (κ3) is 3.40. The highest BCUT2D eigenvalue weighted by atomic mass is 35.5. The van der Waals surface area contributed by atoms with E-state index in [4.69, 9.17) is 11.6 Å². The SMILES string of the molecule is Cc1c(Cl)nc(-c2cnc3ccccn23)nc1NC1CCCN(C(=O)O)C1. The van der Waals surface area contributed by atoms with Crippen LogP contribution in [0.25, 0.3) is 17.2 Å². The number of nitrogens with one attached hydrogen (secondary N) is 1. The lowest BCUT2D eigenvalue weighted by molar-refractivity contribution is 0.133. The molecule has 4 rings (SSSR count). The molecule has 3 aromatic rings. The number of hydrogen-bond acceptors (Lipinski definition) is 5. The Balaban J connectivity index is 1.67. The standard InChI is InChI=1S/C18H19ClN6O2/c1-11-15(19)22-17(13-9-20-14-6-2-3-8-25(13)14)23-16(11)21-12-5-4-7-24(10-12)18(26)27/h2-3,6,8-9,12H,4-5,7,10H2,1H3,(H,26,27)(H,21,22,23). The maximum Gasteiger partial charge on any atom is 0.407 e. The summed E-state index contributed by atoms with van der Waals surface area (Å²) in [5.74, 6) is 1.09. The maximum absolute atomic E-state index is 11.2. The number of carboxylic acid groups (broad SMARTS) is 1. The second kappa shape index (κ2) is 7.03. The number of amides is 1. The van der Waals surface area contributed by atoms with Crippen LogP contribution < -0.4 is 5.32 Å². The summed E-state index contributed by atoms with van der Waals surface area (Å²) in [4.78, 5) is 26.1. The molecule has 0 aromatic carbocycles. The van der Waals surface area contributed by atoms with Crippen molar-refractivity contribution in [1.29, 1.82) is 0 Å². The Bertz CT molecular complexity index is 1000. The van der Waals surface area contributed by atoms with E-state index in [9.17, 15) is 9.90 Å². The predicted octanol–water partition coefficient (Wildman–Crippen LogP) is 3.31. The highest BCUT2D eigenvalue weighted by molar-refractivity contribution is 6.30. The van der Waals surface area contributed by atoms with Crippen LogP contribution in [0.3, 0.4) is 0 Å². The molecular weight excluding hydrogens is 368 g/mol. The number of piperidine rings is 1. The Morgan fingerprint density at radius 3 is 3.04 bits per heavy atom. The van der Waals surface area contributed by atoms with Crippen LogP contribution in [0, 0.1) is 6.92 Å². The molecule has 1 fully saturated rings. The first kappa shape index (κ1) is 17.5. The summed E-state index contributed by atoms with van der Waals surface area (Å²) in [6.45, 7) is 2.83. The number of imidazole rings is 1. The van der Waals surface area contributed by atoms with Gasteiger partial charge in [-0.3, -0.25) is 4.40 Å². The van der Waals surface area contributed by atoms with Gasteiger partial charge >= 0.3 is 6.09 Å². The third-order valence-electron chi connectivity index (χ3n) is 4.77. The Morgan fingerprint density at radius 2 is 2.22 bits per heavy atom. The van der Waals surface area contributed by atoms with E-state index >= 15 is 0 Å². The molecule has 9 heteroatoms. The van der Waals surface area contributed by atoms with E-state index < -0.39 is 6.09 Å². The van der Waals surface area contributed by atoms with Crippen molar-refractivity contribution in [2.45, 2.75) is 25.8 Å². The van der Waals surface area contributed by atoms with Gasteiger partial charge in [-0.05, 0) is 31.9 Å². The predicted molar refractivity (Wildman–Crippen MR) is 102 cm³/mol.